The van der Waals surface area contributed by atoms with Gasteiger partial charge in [0, 0.05) is 17.2 Å². The molecule has 0 fully saturated rings. The molecular formula is C20H20O7. The van der Waals surface area contributed by atoms with E-state index in [9.17, 15) is 9.90 Å². The topological polar surface area (TPSA) is 87.4 Å². The SMILES string of the molecule is COc1ccc(-c2oc3cc(OC)c(OC)c(OC)c3c2CC(=O)O)cc1. The Hall–Kier alpha value is -3.35. The standard InChI is InChI=1S/C20H20O7/c1-23-12-7-5-11(6-8-12)18-13(9-16(21)22)17-14(27-18)10-15(24-2)19(25-3)20(17)26-4/h5-8,10H,9H2,1-4H3,(H,21,22). The Morgan fingerprint density at radius 1 is 0.963 bits per heavy atom. The zero-order valence-corrected chi connectivity index (χ0v) is 15.5. The van der Waals surface area contributed by atoms with Crippen molar-refractivity contribution in [1.82, 2.24) is 0 Å². The molecule has 0 unspecified atom stereocenters. The second-order valence-electron chi connectivity index (χ2n) is 5.73. The lowest BCUT2D eigenvalue weighted by Gasteiger charge is -2.13. The number of furan rings is 1. The van der Waals surface area contributed by atoms with E-state index in [1.54, 1.807) is 25.3 Å². The molecule has 142 valence electrons. The second-order valence-corrected chi connectivity index (χ2v) is 5.73. The minimum Gasteiger partial charge on any atom is -0.497 e. The Labute approximate surface area is 156 Å². The number of carbonyl (C=O) groups is 1. The Morgan fingerprint density at radius 3 is 2.15 bits per heavy atom. The average Bonchev–Trinajstić information content (AvgIpc) is 3.03. The summed E-state index contributed by atoms with van der Waals surface area (Å²) < 4.78 is 27.5. The minimum absolute atomic E-state index is 0.236. The molecular weight excluding hydrogens is 352 g/mol. The van der Waals surface area contributed by atoms with E-state index in [0.717, 1.165) is 5.56 Å². The summed E-state index contributed by atoms with van der Waals surface area (Å²) in [6.45, 7) is 0. The molecule has 0 aliphatic carbocycles. The molecule has 0 bridgehead atoms. The number of hydrogen-bond acceptors (Lipinski definition) is 6. The quantitative estimate of drug-likeness (QED) is 0.675. The summed E-state index contributed by atoms with van der Waals surface area (Å²) in [6, 6.07) is 8.84. The number of carboxylic acids is 1. The zero-order valence-electron chi connectivity index (χ0n) is 15.5. The summed E-state index contributed by atoms with van der Waals surface area (Å²) in [5.74, 6) is 1.33. The number of ether oxygens (including phenoxy) is 4. The number of aliphatic carboxylic acids is 1. The van der Waals surface area contributed by atoms with Crippen LogP contribution in [-0.2, 0) is 11.2 Å². The highest BCUT2D eigenvalue weighted by Gasteiger charge is 2.26. The maximum Gasteiger partial charge on any atom is 0.307 e. The molecule has 0 radical (unpaired) electrons. The first kappa shape index (κ1) is 18.4. The predicted octanol–water partition coefficient (Wildman–Crippen LogP) is 3.76. The van der Waals surface area contributed by atoms with Crippen LogP contribution in [0.2, 0.25) is 0 Å². The Balaban J connectivity index is 2.34. The van der Waals surface area contributed by atoms with E-state index in [0.29, 0.717) is 45.3 Å². The van der Waals surface area contributed by atoms with Crippen molar-refractivity contribution in [3.63, 3.8) is 0 Å². The largest absolute Gasteiger partial charge is 0.497 e. The highest BCUT2D eigenvalue weighted by atomic mass is 16.5. The second kappa shape index (κ2) is 7.49. The smallest absolute Gasteiger partial charge is 0.307 e. The number of hydrogen-bond donors (Lipinski definition) is 1. The van der Waals surface area contributed by atoms with Crippen LogP contribution in [0.4, 0.5) is 0 Å². The summed E-state index contributed by atoms with van der Waals surface area (Å²) >= 11 is 0. The molecule has 0 saturated carbocycles. The first-order valence-corrected chi connectivity index (χ1v) is 8.14. The predicted molar refractivity (Wildman–Crippen MR) is 99.2 cm³/mol. The summed E-state index contributed by atoms with van der Waals surface area (Å²) in [5.41, 5.74) is 1.68. The Kier molecular flexibility index (Phi) is 5.12. The van der Waals surface area contributed by atoms with Crippen LogP contribution in [-0.4, -0.2) is 39.5 Å². The molecule has 0 atom stereocenters. The van der Waals surface area contributed by atoms with E-state index >= 15 is 0 Å². The van der Waals surface area contributed by atoms with E-state index in [2.05, 4.69) is 0 Å². The maximum absolute atomic E-state index is 11.5. The monoisotopic (exact) mass is 372 g/mol. The van der Waals surface area contributed by atoms with Gasteiger partial charge in [-0.25, -0.2) is 0 Å². The van der Waals surface area contributed by atoms with Crippen LogP contribution >= 0.6 is 0 Å². The lowest BCUT2D eigenvalue weighted by atomic mass is 10.0. The maximum atomic E-state index is 11.5. The van der Waals surface area contributed by atoms with Gasteiger partial charge in [0.25, 0.3) is 0 Å². The molecule has 7 heteroatoms. The number of rotatable bonds is 7. The minimum atomic E-state index is -0.982. The van der Waals surface area contributed by atoms with Crippen molar-refractivity contribution in [3.8, 4) is 34.3 Å². The van der Waals surface area contributed by atoms with Gasteiger partial charge in [0.2, 0.25) is 5.75 Å². The molecule has 1 heterocycles. The molecule has 1 N–H and O–H groups in total. The van der Waals surface area contributed by atoms with Gasteiger partial charge in [0.15, 0.2) is 11.5 Å². The van der Waals surface area contributed by atoms with Crippen molar-refractivity contribution in [2.24, 2.45) is 0 Å². The van der Waals surface area contributed by atoms with E-state index < -0.39 is 5.97 Å². The molecule has 7 nitrogen and oxygen atoms in total. The molecule has 0 aliphatic heterocycles. The third kappa shape index (κ3) is 3.23. The lowest BCUT2D eigenvalue weighted by molar-refractivity contribution is -0.136. The third-order valence-electron chi connectivity index (χ3n) is 4.26. The van der Waals surface area contributed by atoms with Crippen molar-refractivity contribution in [3.05, 3.63) is 35.9 Å². The highest BCUT2D eigenvalue weighted by molar-refractivity contribution is 5.98. The van der Waals surface area contributed by atoms with Crippen LogP contribution in [0.1, 0.15) is 5.56 Å². The summed E-state index contributed by atoms with van der Waals surface area (Å²) in [6.07, 6.45) is -0.236. The third-order valence-corrected chi connectivity index (χ3v) is 4.26. The molecule has 2 aromatic carbocycles. The Morgan fingerprint density at radius 2 is 1.63 bits per heavy atom. The molecule has 27 heavy (non-hydrogen) atoms. The van der Waals surface area contributed by atoms with Crippen molar-refractivity contribution >= 4 is 16.9 Å². The fourth-order valence-electron chi connectivity index (χ4n) is 3.08. The van der Waals surface area contributed by atoms with Crippen molar-refractivity contribution in [2.75, 3.05) is 28.4 Å². The summed E-state index contributed by atoms with van der Waals surface area (Å²) in [4.78, 5) is 11.5. The van der Waals surface area contributed by atoms with Crippen molar-refractivity contribution < 1.29 is 33.3 Å². The van der Waals surface area contributed by atoms with E-state index in [1.807, 2.05) is 12.1 Å². The van der Waals surface area contributed by atoms with Crippen LogP contribution < -0.4 is 18.9 Å². The van der Waals surface area contributed by atoms with Gasteiger partial charge in [0.05, 0.1) is 40.2 Å². The first-order chi connectivity index (χ1) is 13.0. The molecule has 0 saturated heterocycles. The summed E-state index contributed by atoms with van der Waals surface area (Å²) in [5, 5.41) is 9.98. The van der Waals surface area contributed by atoms with Gasteiger partial charge < -0.3 is 28.5 Å². The van der Waals surface area contributed by atoms with Gasteiger partial charge in [-0.2, -0.15) is 0 Å². The molecule has 3 aromatic rings. The fraction of sp³-hybridized carbons (Fsp3) is 0.250. The van der Waals surface area contributed by atoms with Crippen LogP contribution in [0.15, 0.2) is 34.7 Å². The number of methoxy groups -OCH3 is 4. The van der Waals surface area contributed by atoms with Crippen LogP contribution in [0, 0.1) is 0 Å². The Bertz CT molecular complexity index is 970. The van der Waals surface area contributed by atoms with Gasteiger partial charge >= 0.3 is 5.97 Å². The zero-order chi connectivity index (χ0) is 19.6. The number of benzene rings is 2. The summed E-state index contributed by atoms with van der Waals surface area (Å²) in [7, 11) is 6.07. The number of carboxylic acid groups (broad SMARTS) is 1. The van der Waals surface area contributed by atoms with Gasteiger partial charge in [-0.1, -0.05) is 0 Å². The van der Waals surface area contributed by atoms with Crippen LogP contribution in [0.3, 0.4) is 0 Å². The highest BCUT2D eigenvalue weighted by Crippen LogP contribution is 2.48. The lowest BCUT2D eigenvalue weighted by Crippen LogP contribution is -2.02. The normalized spacial score (nSPS) is 10.7. The fourth-order valence-corrected chi connectivity index (χ4v) is 3.08. The molecule has 0 spiro atoms. The molecule has 1 aromatic heterocycles. The molecule has 0 amide bonds. The van der Waals surface area contributed by atoms with Crippen molar-refractivity contribution in [2.45, 2.75) is 6.42 Å². The van der Waals surface area contributed by atoms with Crippen LogP contribution in [0.25, 0.3) is 22.3 Å². The number of fused-ring (bicyclic) bond motifs is 1. The van der Waals surface area contributed by atoms with Gasteiger partial charge in [-0.15, -0.1) is 0 Å². The van der Waals surface area contributed by atoms with Crippen molar-refractivity contribution in [1.29, 1.82) is 0 Å². The van der Waals surface area contributed by atoms with Gasteiger partial charge in [0.1, 0.15) is 17.1 Å². The van der Waals surface area contributed by atoms with E-state index in [1.165, 1.54) is 21.3 Å². The van der Waals surface area contributed by atoms with Gasteiger partial charge in [-0.05, 0) is 24.3 Å². The van der Waals surface area contributed by atoms with E-state index in [-0.39, 0.29) is 6.42 Å². The molecule has 3 rings (SSSR count). The molecule has 0 aliphatic rings. The van der Waals surface area contributed by atoms with E-state index in [4.69, 9.17) is 23.4 Å². The van der Waals surface area contributed by atoms with Gasteiger partial charge in [-0.3, -0.25) is 4.79 Å². The van der Waals surface area contributed by atoms with Crippen LogP contribution in [0.5, 0.6) is 23.0 Å². The first-order valence-electron chi connectivity index (χ1n) is 8.14. The average molecular weight is 372 g/mol.